The van der Waals surface area contributed by atoms with Gasteiger partial charge in [0.1, 0.15) is 18.5 Å². The van der Waals surface area contributed by atoms with E-state index in [0.29, 0.717) is 22.8 Å². The van der Waals surface area contributed by atoms with Gasteiger partial charge in [-0.2, -0.15) is 13.2 Å². The second-order valence-electron chi connectivity index (χ2n) is 7.02. The fourth-order valence-corrected chi connectivity index (χ4v) is 4.40. The zero-order valence-electron chi connectivity index (χ0n) is 16.1. The van der Waals surface area contributed by atoms with Crippen LogP contribution < -0.4 is 10.1 Å². The number of rotatable bonds is 4. The Balaban J connectivity index is 1.53. The lowest BCUT2D eigenvalue weighted by molar-refractivity contribution is -0.137. The average Bonchev–Trinajstić information content (AvgIpc) is 2.88. The van der Waals surface area contributed by atoms with E-state index in [9.17, 15) is 23.1 Å². The van der Waals surface area contributed by atoms with Gasteiger partial charge in [-0.15, -0.1) is 11.8 Å². The molecule has 0 aromatic heterocycles. The summed E-state index contributed by atoms with van der Waals surface area (Å²) in [6.45, 7) is 0.401. The van der Waals surface area contributed by atoms with Gasteiger partial charge in [-0.3, -0.25) is 4.79 Å². The third kappa shape index (κ3) is 4.86. The molecule has 1 aliphatic rings. The van der Waals surface area contributed by atoms with Crippen LogP contribution in [0.3, 0.4) is 0 Å². The number of amides is 1. The Morgan fingerprint density at radius 2 is 1.71 bits per heavy atom. The lowest BCUT2D eigenvalue weighted by atomic mass is 10.1. The summed E-state index contributed by atoms with van der Waals surface area (Å²) >= 11 is 1.14. The number of carbonyl (C=O) groups is 1. The first-order chi connectivity index (χ1) is 14.8. The van der Waals surface area contributed by atoms with E-state index in [4.69, 9.17) is 4.74 Å². The van der Waals surface area contributed by atoms with Gasteiger partial charge in [0.25, 0.3) is 5.91 Å². The summed E-state index contributed by atoms with van der Waals surface area (Å²) in [5.41, 5.74) is 0.856. The number of aliphatic hydroxyl groups excluding tert-OH is 1. The molecule has 1 amide bonds. The zero-order chi connectivity index (χ0) is 22.0. The minimum Gasteiger partial charge on any atom is -0.489 e. The van der Waals surface area contributed by atoms with Crippen molar-refractivity contribution in [3.63, 3.8) is 0 Å². The second kappa shape index (κ2) is 8.64. The largest absolute Gasteiger partial charge is 0.489 e. The molecule has 0 aliphatic carbocycles. The van der Waals surface area contributed by atoms with Crippen LogP contribution >= 0.6 is 11.8 Å². The van der Waals surface area contributed by atoms with Crippen LogP contribution in [0, 0.1) is 0 Å². The van der Waals surface area contributed by atoms with E-state index in [1.165, 1.54) is 6.07 Å². The van der Waals surface area contributed by atoms with Crippen molar-refractivity contribution in [2.24, 2.45) is 0 Å². The summed E-state index contributed by atoms with van der Waals surface area (Å²) in [5, 5.41) is 12.2. The highest BCUT2D eigenvalue weighted by atomic mass is 32.2. The van der Waals surface area contributed by atoms with Crippen LogP contribution in [0.15, 0.2) is 77.7 Å². The smallest absolute Gasteiger partial charge is 0.416 e. The summed E-state index contributed by atoms with van der Waals surface area (Å²) in [5.74, 6) is -0.125. The van der Waals surface area contributed by atoms with Gasteiger partial charge in [0.15, 0.2) is 0 Å². The van der Waals surface area contributed by atoms with E-state index < -0.39 is 29.0 Å². The van der Waals surface area contributed by atoms with E-state index in [1.807, 2.05) is 30.3 Å². The molecule has 8 heteroatoms. The summed E-state index contributed by atoms with van der Waals surface area (Å²) in [4.78, 5) is 12.8. The molecular weight excluding hydrogens is 427 g/mol. The maximum absolute atomic E-state index is 13.0. The summed E-state index contributed by atoms with van der Waals surface area (Å²) in [6.07, 6.45) is -5.95. The Hall–Kier alpha value is -2.97. The van der Waals surface area contributed by atoms with Gasteiger partial charge in [-0.25, -0.2) is 0 Å². The van der Waals surface area contributed by atoms with Crippen molar-refractivity contribution in [3.8, 4) is 5.75 Å². The number of aliphatic hydroxyl groups is 1. The Morgan fingerprint density at radius 3 is 2.39 bits per heavy atom. The predicted octanol–water partition coefficient (Wildman–Crippen LogP) is 5.43. The third-order valence-electron chi connectivity index (χ3n) is 4.83. The molecule has 0 saturated heterocycles. The highest BCUT2D eigenvalue weighted by Gasteiger charge is 2.35. The van der Waals surface area contributed by atoms with Crippen LogP contribution in [-0.2, 0) is 17.6 Å². The molecule has 2 N–H and O–H groups in total. The third-order valence-corrected chi connectivity index (χ3v) is 6.22. The van der Waals surface area contributed by atoms with Gasteiger partial charge >= 0.3 is 6.18 Å². The molecule has 0 fully saturated rings. The number of fused-ring (bicyclic) bond motifs is 1. The molecule has 31 heavy (non-hydrogen) atoms. The number of nitrogens with one attached hydrogen (secondary N) is 1. The standard InChI is InChI=1S/C23H18F3NO3S/c24-23(25,26)16-8-11-19-18(12-16)27-22(29)20(28)21(31-19)15-6-9-17(10-7-15)30-13-14-4-2-1-3-5-14/h1-12,20-21,28H,13H2,(H,27,29)/t20-,21+/m0/s1. The Kier molecular flexibility index (Phi) is 5.93. The highest BCUT2D eigenvalue weighted by molar-refractivity contribution is 7.99. The molecule has 3 aromatic rings. The maximum atomic E-state index is 13.0. The molecular formula is C23H18F3NO3S. The lowest BCUT2D eigenvalue weighted by Crippen LogP contribution is -2.30. The van der Waals surface area contributed by atoms with Crippen molar-refractivity contribution >= 4 is 23.4 Å². The van der Waals surface area contributed by atoms with Crippen LogP contribution in [0.2, 0.25) is 0 Å². The van der Waals surface area contributed by atoms with Gasteiger partial charge in [0, 0.05) is 4.90 Å². The number of hydrogen-bond donors (Lipinski definition) is 2. The van der Waals surface area contributed by atoms with Gasteiger partial charge in [-0.05, 0) is 41.5 Å². The van der Waals surface area contributed by atoms with Crippen molar-refractivity contribution in [1.29, 1.82) is 0 Å². The maximum Gasteiger partial charge on any atom is 0.416 e. The molecule has 4 rings (SSSR count). The van der Waals surface area contributed by atoms with Crippen LogP contribution in [0.5, 0.6) is 5.75 Å². The van der Waals surface area contributed by atoms with E-state index in [2.05, 4.69) is 5.32 Å². The lowest BCUT2D eigenvalue weighted by Gasteiger charge is -2.19. The van der Waals surface area contributed by atoms with Crippen molar-refractivity contribution in [3.05, 3.63) is 89.5 Å². The zero-order valence-corrected chi connectivity index (χ0v) is 16.9. The van der Waals surface area contributed by atoms with E-state index >= 15 is 0 Å². The summed E-state index contributed by atoms with van der Waals surface area (Å²) in [6, 6.07) is 19.8. The molecule has 160 valence electrons. The van der Waals surface area contributed by atoms with Crippen molar-refractivity contribution in [2.75, 3.05) is 5.32 Å². The molecule has 0 saturated carbocycles. The van der Waals surface area contributed by atoms with Crippen molar-refractivity contribution < 1.29 is 27.8 Å². The fourth-order valence-electron chi connectivity index (χ4n) is 3.20. The highest BCUT2D eigenvalue weighted by Crippen LogP contribution is 2.45. The average molecular weight is 445 g/mol. The Morgan fingerprint density at radius 1 is 1.00 bits per heavy atom. The van der Waals surface area contributed by atoms with Crippen molar-refractivity contribution in [2.45, 2.75) is 29.0 Å². The second-order valence-corrected chi connectivity index (χ2v) is 8.21. The first-order valence-corrected chi connectivity index (χ1v) is 10.3. The number of thioether (sulfide) groups is 1. The van der Waals surface area contributed by atoms with Crippen LogP contribution in [0.4, 0.5) is 18.9 Å². The molecule has 0 bridgehead atoms. The van der Waals surface area contributed by atoms with Gasteiger partial charge in [-0.1, -0.05) is 42.5 Å². The predicted molar refractivity (Wildman–Crippen MR) is 112 cm³/mol. The minimum absolute atomic E-state index is 0.0363. The number of halogens is 3. The Labute approximate surface area is 181 Å². The number of benzene rings is 3. The summed E-state index contributed by atoms with van der Waals surface area (Å²) in [7, 11) is 0. The van der Waals surface area contributed by atoms with Crippen LogP contribution in [-0.4, -0.2) is 17.1 Å². The van der Waals surface area contributed by atoms with Crippen LogP contribution in [0.25, 0.3) is 0 Å². The monoisotopic (exact) mass is 445 g/mol. The molecule has 4 nitrogen and oxygen atoms in total. The summed E-state index contributed by atoms with van der Waals surface area (Å²) < 4.78 is 44.8. The topological polar surface area (TPSA) is 58.6 Å². The number of anilines is 1. The SMILES string of the molecule is O=C1Nc2cc(C(F)(F)F)ccc2S[C@H](c2ccc(OCc3ccccc3)cc2)[C@@H]1O. The fraction of sp³-hybridized carbons (Fsp3) is 0.174. The normalized spacial score (nSPS) is 18.6. The molecule has 1 aliphatic heterocycles. The van der Waals surface area contributed by atoms with Crippen molar-refractivity contribution in [1.82, 2.24) is 0 Å². The first-order valence-electron chi connectivity index (χ1n) is 9.45. The van der Waals surface area contributed by atoms with Gasteiger partial charge in [0.2, 0.25) is 0 Å². The quantitative estimate of drug-likeness (QED) is 0.562. The van der Waals surface area contributed by atoms with E-state index in [-0.39, 0.29) is 5.69 Å². The molecule has 3 aromatic carbocycles. The number of alkyl halides is 3. The van der Waals surface area contributed by atoms with Crippen LogP contribution in [0.1, 0.15) is 21.9 Å². The van der Waals surface area contributed by atoms with Gasteiger partial charge < -0.3 is 15.2 Å². The van der Waals surface area contributed by atoms with E-state index in [1.54, 1.807) is 24.3 Å². The number of carbonyl (C=O) groups excluding carboxylic acids is 1. The molecule has 0 spiro atoms. The van der Waals surface area contributed by atoms with Gasteiger partial charge in [0.05, 0.1) is 16.5 Å². The Bertz CT molecular complexity index is 1070. The number of hydrogen-bond acceptors (Lipinski definition) is 4. The first kappa shape index (κ1) is 21.3. The molecule has 0 unspecified atom stereocenters. The van der Waals surface area contributed by atoms with E-state index in [0.717, 1.165) is 29.5 Å². The minimum atomic E-state index is -4.52. The number of ether oxygens (including phenoxy) is 1. The molecule has 2 atom stereocenters. The molecule has 0 radical (unpaired) electrons. The molecule has 1 heterocycles.